The van der Waals surface area contributed by atoms with Crippen LogP contribution in [0.3, 0.4) is 0 Å². The highest BCUT2D eigenvalue weighted by molar-refractivity contribution is 7.15. The number of carbonyl (C=O) groups excluding carboxylic acids is 4. The molecule has 14 nitrogen and oxygen atoms in total. The third-order valence-corrected chi connectivity index (χ3v) is 16.3. The highest BCUT2D eigenvalue weighted by Gasteiger charge is 2.70. The van der Waals surface area contributed by atoms with E-state index in [9.17, 15) is 37.5 Å². The van der Waals surface area contributed by atoms with E-state index in [-0.39, 0.29) is 25.0 Å². The second-order valence-corrected chi connectivity index (χ2v) is 20.6. The Morgan fingerprint density at radius 1 is 1.01 bits per heavy atom. The van der Waals surface area contributed by atoms with Gasteiger partial charge in [0, 0.05) is 50.0 Å². The van der Waals surface area contributed by atoms with Crippen LogP contribution in [-0.4, -0.2) is 123 Å². The number of aliphatic hydroxyl groups is 1. The molecule has 4 fully saturated rings. The number of thiophene rings is 1. The summed E-state index contributed by atoms with van der Waals surface area (Å²) in [6, 6.07) is 13.2. The molecule has 3 aromatic rings. The molecule has 18 heteroatoms. The van der Waals surface area contributed by atoms with Crippen molar-refractivity contribution in [1.82, 2.24) is 19.6 Å². The summed E-state index contributed by atoms with van der Waals surface area (Å²) in [5, 5.41) is 15.6. The van der Waals surface area contributed by atoms with Crippen LogP contribution in [0, 0.1) is 23.7 Å². The number of aliphatic hydroxyl groups excluding tert-OH is 1. The zero-order valence-electron chi connectivity index (χ0n) is 40.0. The van der Waals surface area contributed by atoms with Crippen LogP contribution < -0.4 is 0 Å². The van der Waals surface area contributed by atoms with Gasteiger partial charge in [-0.25, -0.2) is 4.79 Å². The Balaban J connectivity index is 1.18. The summed E-state index contributed by atoms with van der Waals surface area (Å²) in [7, 11) is 4.75. The molecule has 0 aliphatic carbocycles. The molecule has 67 heavy (non-hydrogen) atoms. The van der Waals surface area contributed by atoms with Gasteiger partial charge in [0.15, 0.2) is 23.4 Å². The first-order chi connectivity index (χ1) is 31.5. The van der Waals surface area contributed by atoms with E-state index in [1.807, 2.05) is 36.2 Å². The Kier molecular flexibility index (Phi) is 14.6. The predicted octanol–water partition coefficient (Wildman–Crippen LogP) is 7.63. The quantitative estimate of drug-likeness (QED) is 0.114. The lowest BCUT2D eigenvalue weighted by Crippen LogP contribution is -2.66. The minimum atomic E-state index is -4.59. The van der Waals surface area contributed by atoms with E-state index in [2.05, 4.69) is 17.2 Å². The number of nitrogens with zero attached hydrogens (tertiary/aromatic N) is 4. The number of alkyl halides is 3. The molecule has 0 radical (unpaired) electrons. The van der Waals surface area contributed by atoms with Crippen molar-refractivity contribution in [1.29, 1.82) is 0 Å². The Hall–Kier alpha value is -4.20. The summed E-state index contributed by atoms with van der Waals surface area (Å²) in [6.45, 7) is 12.6. The largest absolute Gasteiger partial charge is 0.458 e. The maximum atomic E-state index is 15.0. The molecule has 0 saturated carbocycles. The van der Waals surface area contributed by atoms with Gasteiger partial charge >= 0.3 is 18.2 Å². The SMILES string of the molecule is CCC1OC(=O)[C@H](C)C(=O)[C@H](C)[C@@]2(O[C@@H]3OC2C[C@H](N(C)Cc2ccc(-c4cc(C(F)(F)F)nn4C)s2)[C@H]3O)[C@](C)(OC)C[C@@H](C)C(=O)[C@H](C)[C@H]2N(CCCCc3ccccc3)C(=O)O[C@]12C. The van der Waals surface area contributed by atoms with Crippen LogP contribution in [-0.2, 0) is 64.3 Å². The number of carbonyl (C=O) groups is 4. The molecule has 7 rings (SSSR count). The molecule has 1 spiro atoms. The highest BCUT2D eigenvalue weighted by atomic mass is 32.1. The maximum absolute atomic E-state index is 15.0. The van der Waals surface area contributed by atoms with Gasteiger partial charge in [0.25, 0.3) is 0 Å². The third-order valence-electron chi connectivity index (χ3n) is 15.2. The Bertz CT molecular complexity index is 2290. The van der Waals surface area contributed by atoms with Gasteiger partial charge in [0.1, 0.15) is 29.5 Å². The summed E-state index contributed by atoms with van der Waals surface area (Å²) in [5.74, 6) is -5.49. The number of ketones is 2. The number of esters is 1. The molecule has 13 atom stereocenters. The van der Waals surface area contributed by atoms with Crippen LogP contribution >= 0.6 is 11.3 Å². The third kappa shape index (κ3) is 9.22. The Labute approximate surface area is 394 Å². The first-order valence-electron chi connectivity index (χ1n) is 23.3. The fourth-order valence-corrected chi connectivity index (χ4v) is 12.6. The van der Waals surface area contributed by atoms with E-state index >= 15 is 0 Å². The van der Waals surface area contributed by atoms with Gasteiger partial charge in [-0.15, -0.1) is 11.3 Å². The maximum Gasteiger partial charge on any atom is 0.435 e. The molecule has 368 valence electrons. The molecule has 4 aliphatic rings. The first kappa shape index (κ1) is 50.7. The first-order valence-corrected chi connectivity index (χ1v) is 24.1. The second kappa shape index (κ2) is 19.3. The predicted molar refractivity (Wildman–Crippen MR) is 242 cm³/mol. The van der Waals surface area contributed by atoms with Crippen molar-refractivity contribution in [2.24, 2.45) is 30.7 Å². The van der Waals surface area contributed by atoms with E-state index in [4.69, 9.17) is 23.7 Å². The normalized spacial score (nSPS) is 35.2. The molecule has 6 heterocycles. The standard InChI is InChI=1S/C49H65F3N4O10S/c1-11-37-47(7)42(56(45(61)66-47)22-16-15-19-31-17-13-12-14-18-31)28(3)39(57)27(2)25-46(6,62-10)48(30(5)40(58)29(4)43(60)63-37)38-24-34(41(59)44(64-38)65-48)54(8)26-32-20-21-35(67-32)33-23-36(49(50,51)52)53-55(33)9/h12-14,17-18,20-21,23,27-30,34,37-38,41-42,44,59H,11,15-16,19,22,24-26H2,1-10H3/t27-,28+,29-,30+,34+,37?,38?,41-,42-,44+,46-,47-,48+/m1/s1. The van der Waals surface area contributed by atoms with Crippen LogP contribution in [0.25, 0.3) is 10.6 Å². The van der Waals surface area contributed by atoms with E-state index in [1.54, 1.807) is 52.5 Å². The van der Waals surface area contributed by atoms with Gasteiger partial charge in [-0.05, 0) is 90.1 Å². The van der Waals surface area contributed by atoms with Crippen LogP contribution in [0.4, 0.5) is 18.0 Å². The lowest BCUT2D eigenvalue weighted by molar-refractivity contribution is -0.229. The zero-order chi connectivity index (χ0) is 49.0. The topological polar surface area (TPSA) is 159 Å². The fourth-order valence-electron chi connectivity index (χ4n) is 11.5. The van der Waals surface area contributed by atoms with Crippen molar-refractivity contribution >= 4 is 35.0 Å². The fraction of sp³-hybridized carbons (Fsp3) is 0.653. The Morgan fingerprint density at radius 3 is 2.36 bits per heavy atom. The molecule has 1 N–H and O–H groups in total. The van der Waals surface area contributed by atoms with Crippen molar-refractivity contribution in [2.75, 3.05) is 20.7 Å². The number of rotatable bonds is 11. The van der Waals surface area contributed by atoms with E-state index in [1.165, 1.54) is 42.7 Å². The lowest BCUT2D eigenvalue weighted by Gasteiger charge is -2.51. The van der Waals surface area contributed by atoms with Crippen molar-refractivity contribution in [3.05, 3.63) is 64.7 Å². The molecule has 4 saturated heterocycles. The minimum absolute atomic E-state index is 0.0425. The molecule has 2 unspecified atom stereocenters. The van der Waals surface area contributed by atoms with Crippen molar-refractivity contribution in [2.45, 2.75) is 153 Å². The molecule has 1 aromatic carbocycles. The zero-order valence-corrected chi connectivity index (χ0v) is 40.8. The number of Topliss-reactive ketones (excluding diaryl/α,β-unsaturated/α-hetero) is 2. The number of unbranched alkanes of at least 4 members (excludes halogenated alkanes) is 1. The number of aromatic nitrogens is 2. The van der Waals surface area contributed by atoms with Crippen molar-refractivity contribution in [3.8, 4) is 10.6 Å². The van der Waals surface area contributed by atoms with Gasteiger partial charge in [0.05, 0.1) is 34.2 Å². The van der Waals surface area contributed by atoms with Gasteiger partial charge in [-0.2, -0.15) is 18.3 Å². The lowest BCUT2D eigenvalue weighted by atomic mass is 9.64. The number of cyclic esters (lactones) is 1. The van der Waals surface area contributed by atoms with Gasteiger partial charge in [-0.1, -0.05) is 58.0 Å². The van der Waals surface area contributed by atoms with Crippen LogP contribution in [0.2, 0.25) is 0 Å². The number of hydrogen-bond acceptors (Lipinski definition) is 13. The number of likely N-dealkylation sites (N-methyl/N-ethyl adjacent to an activating group) is 1. The average molecular weight is 959 g/mol. The van der Waals surface area contributed by atoms with Crippen LogP contribution in [0.15, 0.2) is 48.5 Å². The number of benzene rings is 1. The average Bonchev–Trinajstić information content (AvgIpc) is 4.06. The smallest absolute Gasteiger partial charge is 0.435 e. The van der Waals surface area contributed by atoms with Crippen molar-refractivity contribution < 1.29 is 61.1 Å². The summed E-state index contributed by atoms with van der Waals surface area (Å²) in [6.07, 6.45) is -6.92. The number of halogens is 3. The molecular formula is C49H65F3N4O10S. The molecule has 2 aromatic heterocycles. The van der Waals surface area contributed by atoms with Gasteiger partial charge in [0.2, 0.25) is 0 Å². The summed E-state index contributed by atoms with van der Waals surface area (Å²) in [4.78, 5) is 63.0. The van der Waals surface area contributed by atoms with Crippen LogP contribution in [0.5, 0.6) is 0 Å². The monoisotopic (exact) mass is 958 g/mol. The van der Waals surface area contributed by atoms with Crippen LogP contribution in [0.1, 0.15) is 96.7 Å². The van der Waals surface area contributed by atoms with E-state index in [0.717, 1.165) is 23.8 Å². The molecule has 2 bridgehead atoms. The Morgan fingerprint density at radius 2 is 1.72 bits per heavy atom. The van der Waals surface area contributed by atoms with Gasteiger partial charge < -0.3 is 33.7 Å². The molecular weight excluding hydrogens is 894 g/mol. The summed E-state index contributed by atoms with van der Waals surface area (Å²) >= 11 is 1.30. The summed E-state index contributed by atoms with van der Waals surface area (Å²) < 4.78 is 73.7. The van der Waals surface area contributed by atoms with E-state index in [0.29, 0.717) is 30.1 Å². The number of aryl methyl sites for hydroxylation is 2. The molecule has 4 aliphatic heterocycles. The number of ether oxygens (including phenoxy) is 5. The van der Waals surface area contributed by atoms with Crippen molar-refractivity contribution in [3.63, 3.8) is 0 Å². The summed E-state index contributed by atoms with van der Waals surface area (Å²) in [5.41, 5.74) is -4.01. The van der Waals surface area contributed by atoms with Gasteiger partial charge in [-0.3, -0.25) is 24.0 Å². The number of methoxy groups -OCH3 is 1. The number of hydrogen-bond donors (Lipinski definition) is 1. The van der Waals surface area contributed by atoms with E-state index < -0.39 is 107 Å². The molecule has 1 amide bonds. The number of fused-ring (bicyclic) bond motifs is 4. The second-order valence-electron chi connectivity index (χ2n) is 19.5. The minimum Gasteiger partial charge on any atom is -0.458 e. The highest BCUT2D eigenvalue weighted by Crippen LogP contribution is 2.54. The number of amides is 1.